The van der Waals surface area contributed by atoms with E-state index in [1.54, 1.807) is 12.3 Å². The van der Waals surface area contributed by atoms with E-state index in [1.165, 1.54) is 0 Å². The number of aromatic nitrogens is 1. The largest absolute Gasteiger partial charge is 0.355 e. The van der Waals surface area contributed by atoms with Crippen molar-refractivity contribution in [2.45, 2.75) is 20.8 Å². The summed E-state index contributed by atoms with van der Waals surface area (Å²) in [5.74, 6) is 0.264. The maximum absolute atomic E-state index is 12.1. The van der Waals surface area contributed by atoms with Crippen LogP contribution in [0, 0.1) is 12.8 Å². The van der Waals surface area contributed by atoms with Crippen LogP contribution in [-0.2, 0) is 0 Å². The fourth-order valence-corrected chi connectivity index (χ4v) is 2.42. The molecule has 0 saturated heterocycles. The number of hydrogen-bond donors (Lipinski definition) is 2. The van der Waals surface area contributed by atoms with E-state index < -0.39 is 0 Å². The summed E-state index contributed by atoms with van der Waals surface area (Å²) in [7, 11) is 0. The Bertz CT molecular complexity index is 671. The zero-order chi connectivity index (χ0) is 16.1. The molecule has 0 saturated carbocycles. The average Bonchev–Trinajstić information content (AvgIpc) is 2.48. The Labute approximate surface area is 139 Å². The van der Waals surface area contributed by atoms with E-state index in [2.05, 4.69) is 45.4 Å². The number of carbonyl (C=O) groups excluding carboxylic acids is 1. The average molecular weight is 362 g/mol. The molecule has 2 aromatic rings. The molecule has 0 unspecified atom stereocenters. The predicted molar refractivity (Wildman–Crippen MR) is 93.6 cm³/mol. The van der Waals surface area contributed by atoms with Crippen LogP contribution in [0.4, 0.5) is 11.4 Å². The Hall–Kier alpha value is -1.88. The molecule has 0 aliphatic heterocycles. The topological polar surface area (TPSA) is 54.0 Å². The molecule has 0 fully saturated rings. The smallest absolute Gasteiger partial charge is 0.269 e. The molecule has 1 aromatic heterocycles. The van der Waals surface area contributed by atoms with E-state index >= 15 is 0 Å². The highest BCUT2D eigenvalue weighted by Crippen LogP contribution is 2.23. The Morgan fingerprint density at radius 1 is 1.27 bits per heavy atom. The van der Waals surface area contributed by atoms with Crippen LogP contribution in [0.3, 0.4) is 0 Å². The van der Waals surface area contributed by atoms with Crippen LogP contribution in [-0.4, -0.2) is 17.4 Å². The summed E-state index contributed by atoms with van der Waals surface area (Å²) in [6.07, 6.45) is 1.64. The molecule has 22 heavy (non-hydrogen) atoms. The van der Waals surface area contributed by atoms with Gasteiger partial charge in [-0.2, -0.15) is 0 Å². The van der Waals surface area contributed by atoms with Crippen molar-refractivity contribution in [2.75, 3.05) is 11.9 Å². The fraction of sp³-hybridized carbons (Fsp3) is 0.294. The van der Waals surface area contributed by atoms with Crippen LogP contribution >= 0.6 is 15.9 Å². The highest BCUT2D eigenvalue weighted by molar-refractivity contribution is 9.10. The summed E-state index contributed by atoms with van der Waals surface area (Å²) in [5, 5.41) is 6.19. The van der Waals surface area contributed by atoms with Crippen molar-refractivity contribution >= 4 is 33.2 Å². The Kier molecular flexibility index (Phi) is 5.55. The van der Waals surface area contributed by atoms with Gasteiger partial charge in [0.1, 0.15) is 5.69 Å². The minimum absolute atomic E-state index is 0.148. The Morgan fingerprint density at radius 2 is 2.05 bits per heavy atom. The number of amides is 1. The first kappa shape index (κ1) is 16.5. The SMILES string of the molecule is Cc1cc(Br)ccc1Nc1ccnc(C(=O)NCC(C)C)c1. The van der Waals surface area contributed by atoms with Gasteiger partial charge >= 0.3 is 0 Å². The van der Waals surface area contributed by atoms with Gasteiger partial charge in [-0.1, -0.05) is 29.8 Å². The number of pyridine rings is 1. The lowest BCUT2D eigenvalue weighted by Crippen LogP contribution is -2.28. The van der Waals surface area contributed by atoms with Crippen molar-refractivity contribution in [3.05, 3.63) is 52.3 Å². The van der Waals surface area contributed by atoms with Crippen molar-refractivity contribution in [2.24, 2.45) is 5.92 Å². The highest BCUT2D eigenvalue weighted by Gasteiger charge is 2.09. The minimum Gasteiger partial charge on any atom is -0.355 e. The molecule has 1 amide bonds. The third kappa shape index (κ3) is 4.56. The van der Waals surface area contributed by atoms with Gasteiger partial charge in [-0.3, -0.25) is 9.78 Å². The van der Waals surface area contributed by atoms with E-state index in [0.29, 0.717) is 18.2 Å². The van der Waals surface area contributed by atoms with E-state index in [-0.39, 0.29) is 5.91 Å². The molecule has 0 spiro atoms. The highest BCUT2D eigenvalue weighted by atomic mass is 79.9. The molecule has 5 heteroatoms. The Balaban J connectivity index is 2.12. The molecule has 0 aliphatic carbocycles. The summed E-state index contributed by atoms with van der Waals surface area (Å²) >= 11 is 3.45. The summed E-state index contributed by atoms with van der Waals surface area (Å²) in [6.45, 7) is 6.79. The van der Waals surface area contributed by atoms with Crippen LogP contribution in [0.2, 0.25) is 0 Å². The number of aryl methyl sites for hydroxylation is 1. The van der Waals surface area contributed by atoms with E-state index in [4.69, 9.17) is 0 Å². The first-order chi connectivity index (χ1) is 10.5. The summed E-state index contributed by atoms with van der Waals surface area (Å²) in [4.78, 5) is 16.2. The number of nitrogens with one attached hydrogen (secondary N) is 2. The van der Waals surface area contributed by atoms with Gasteiger partial charge in [0.2, 0.25) is 0 Å². The second kappa shape index (κ2) is 7.40. The molecule has 0 bridgehead atoms. The number of carbonyl (C=O) groups is 1. The van der Waals surface area contributed by atoms with Crippen molar-refractivity contribution in [1.82, 2.24) is 10.3 Å². The molecule has 4 nitrogen and oxygen atoms in total. The van der Waals surface area contributed by atoms with E-state index in [1.807, 2.05) is 31.2 Å². The molecular weight excluding hydrogens is 342 g/mol. The van der Waals surface area contributed by atoms with Crippen LogP contribution in [0.1, 0.15) is 29.9 Å². The molecular formula is C17H20BrN3O. The number of benzene rings is 1. The molecule has 2 N–H and O–H groups in total. The van der Waals surface area contributed by atoms with Crippen molar-refractivity contribution in [3.63, 3.8) is 0 Å². The molecule has 1 heterocycles. The van der Waals surface area contributed by atoms with E-state index in [0.717, 1.165) is 21.4 Å². The number of nitrogens with zero attached hydrogens (tertiary/aromatic N) is 1. The van der Waals surface area contributed by atoms with Crippen molar-refractivity contribution < 1.29 is 4.79 Å². The third-order valence-electron chi connectivity index (χ3n) is 3.13. The second-order valence-electron chi connectivity index (χ2n) is 5.62. The molecule has 2 rings (SSSR count). The zero-order valence-electron chi connectivity index (χ0n) is 13.0. The lowest BCUT2D eigenvalue weighted by molar-refractivity contribution is 0.0944. The molecule has 1 aromatic carbocycles. The standard InChI is InChI=1S/C17H20BrN3O/c1-11(2)10-20-17(22)16-9-14(6-7-19-16)21-15-5-4-13(18)8-12(15)3/h4-9,11H,10H2,1-3H3,(H,19,21)(H,20,22). The van der Waals surface area contributed by atoms with Gasteiger partial charge in [0.25, 0.3) is 5.91 Å². The second-order valence-corrected chi connectivity index (χ2v) is 6.53. The summed E-state index contributed by atoms with van der Waals surface area (Å²) < 4.78 is 1.04. The summed E-state index contributed by atoms with van der Waals surface area (Å²) in [5.41, 5.74) is 3.38. The van der Waals surface area contributed by atoms with Crippen LogP contribution in [0.25, 0.3) is 0 Å². The van der Waals surface area contributed by atoms with Crippen LogP contribution in [0.15, 0.2) is 41.0 Å². The van der Waals surface area contributed by atoms with Crippen LogP contribution in [0.5, 0.6) is 0 Å². The number of rotatable bonds is 5. The maximum Gasteiger partial charge on any atom is 0.269 e. The molecule has 0 aliphatic rings. The van der Waals surface area contributed by atoms with Crippen LogP contribution < -0.4 is 10.6 Å². The van der Waals surface area contributed by atoms with Gasteiger partial charge in [-0.15, -0.1) is 0 Å². The first-order valence-corrected chi connectivity index (χ1v) is 8.02. The first-order valence-electron chi connectivity index (χ1n) is 7.23. The monoisotopic (exact) mass is 361 g/mol. The zero-order valence-corrected chi connectivity index (χ0v) is 14.6. The predicted octanol–water partition coefficient (Wildman–Crippen LogP) is 4.28. The van der Waals surface area contributed by atoms with Gasteiger partial charge in [0.15, 0.2) is 0 Å². The fourth-order valence-electron chi connectivity index (χ4n) is 1.94. The quantitative estimate of drug-likeness (QED) is 0.835. The van der Waals surface area contributed by atoms with Crippen molar-refractivity contribution in [3.8, 4) is 0 Å². The van der Waals surface area contributed by atoms with Gasteiger partial charge in [-0.25, -0.2) is 0 Å². The summed E-state index contributed by atoms with van der Waals surface area (Å²) in [6, 6.07) is 9.63. The van der Waals surface area contributed by atoms with E-state index in [9.17, 15) is 4.79 Å². The normalized spacial score (nSPS) is 10.6. The number of hydrogen-bond acceptors (Lipinski definition) is 3. The Morgan fingerprint density at radius 3 is 2.73 bits per heavy atom. The van der Waals surface area contributed by atoms with Gasteiger partial charge in [-0.05, 0) is 48.7 Å². The molecule has 116 valence electrons. The minimum atomic E-state index is -0.148. The van der Waals surface area contributed by atoms with Gasteiger partial charge < -0.3 is 10.6 Å². The number of anilines is 2. The molecule has 0 radical (unpaired) electrons. The third-order valence-corrected chi connectivity index (χ3v) is 3.62. The number of halogens is 1. The lowest BCUT2D eigenvalue weighted by Gasteiger charge is -2.11. The lowest BCUT2D eigenvalue weighted by atomic mass is 10.2. The van der Waals surface area contributed by atoms with Gasteiger partial charge in [0, 0.05) is 28.6 Å². The molecule has 0 atom stereocenters. The van der Waals surface area contributed by atoms with Crippen molar-refractivity contribution in [1.29, 1.82) is 0 Å². The van der Waals surface area contributed by atoms with Gasteiger partial charge in [0.05, 0.1) is 0 Å². The maximum atomic E-state index is 12.1.